The second kappa shape index (κ2) is 16.2. The van der Waals surface area contributed by atoms with Gasteiger partial charge in [-0.1, -0.05) is 30.3 Å². The van der Waals surface area contributed by atoms with Gasteiger partial charge >= 0.3 is 0 Å². The predicted octanol–water partition coefficient (Wildman–Crippen LogP) is 4.06. The molecule has 262 valence electrons. The number of amides is 3. The lowest BCUT2D eigenvalue weighted by atomic mass is 9.81. The number of rotatable bonds is 11. The van der Waals surface area contributed by atoms with Gasteiger partial charge in [0.1, 0.15) is 6.04 Å². The maximum absolute atomic E-state index is 13.7. The van der Waals surface area contributed by atoms with Gasteiger partial charge in [-0.05, 0) is 141 Å². The summed E-state index contributed by atoms with van der Waals surface area (Å²) in [5.41, 5.74) is 12.9. The number of hydrogen-bond acceptors (Lipinski definition) is 8. The van der Waals surface area contributed by atoms with Crippen LogP contribution in [0.3, 0.4) is 0 Å². The fourth-order valence-electron chi connectivity index (χ4n) is 7.04. The molecule has 1 aromatic heterocycles. The Morgan fingerprint density at radius 2 is 1.56 bits per heavy atom. The molecule has 7 N–H and O–H groups in total. The van der Waals surface area contributed by atoms with Gasteiger partial charge in [0.05, 0.1) is 0 Å². The van der Waals surface area contributed by atoms with Crippen LogP contribution in [0.15, 0.2) is 60.7 Å². The third-order valence-electron chi connectivity index (χ3n) is 10.4. The van der Waals surface area contributed by atoms with Crippen LogP contribution in [-0.2, 0) is 16.0 Å². The number of tetrazole rings is 1. The van der Waals surface area contributed by atoms with Crippen molar-refractivity contribution in [3.8, 4) is 22.5 Å². The molecular weight excluding hydrogens is 630 g/mol. The molecule has 1 saturated carbocycles. The topological polar surface area (TPSA) is 180 Å². The van der Waals surface area contributed by atoms with E-state index in [4.69, 9.17) is 5.73 Å². The van der Waals surface area contributed by atoms with E-state index in [1.807, 2.05) is 50.2 Å². The van der Waals surface area contributed by atoms with Crippen LogP contribution in [-0.4, -0.2) is 70.1 Å². The summed E-state index contributed by atoms with van der Waals surface area (Å²) in [6, 6.07) is 18.6. The maximum Gasteiger partial charge on any atom is 0.251 e. The number of benzene rings is 3. The van der Waals surface area contributed by atoms with E-state index in [-0.39, 0.29) is 29.7 Å². The molecule has 2 heterocycles. The van der Waals surface area contributed by atoms with Gasteiger partial charge in [0.25, 0.3) is 5.91 Å². The monoisotopic (exact) mass is 677 g/mol. The van der Waals surface area contributed by atoms with E-state index < -0.39 is 6.04 Å². The summed E-state index contributed by atoms with van der Waals surface area (Å²) in [7, 11) is 0. The summed E-state index contributed by atoms with van der Waals surface area (Å²) >= 11 is 0. The number of hydrogen-bond donors (Lipinski definition) is 6. The van der Waals surface area contributed by atoms with Crippen molar-refractivity contribution >= 4 is 23.4 Å². The van der Waals surface area contributed by atoms with E-state index >= 15 is 0 Å². The Morgan fingerprint density at radius 3 is 2.22 bits per heavy atom. The molecule has 2 fully saturated rings. The van der Waals surface area contributed by atoms with E-state index in [1.54, 1.807) is 24.3 Å². The number of nitrogens with one attached hydrogen (secondary N) is 5. The van der Waals surface area contributed by atoms with E-state index in [9.17, 15) is 14.4 Å². The smallest absolute Gasteiger partial charge is 0.251 e. The highest BCUT2D eigenvalue weighted by molar-refractivity contribution is 5.98. The van der Waals surface area contributed by atoms with Crippen molar-refractivity contribution in [2.24, 2.45) is 17.6 Å². The summed E-state index contributed by atoms with van der Waals surface area (Å²) < 4.78 is 0. The first-order valence-corrected chi connectivity index (χ1v) is 17.6. The highest BCUT2D eigenvalue weighted by Gasteiger charge is 2.29. The Hall–Kier alpha value is -4.94. The van der Waals surface area contributed by atoms with Crippen LogP contribution in [0.4, 0.5) is 5.69 Å². The molecule has 1 saturated heterocycles. The van der Waals surface area contributed by atoms with Crippen LogP contribution in [0.2, 0.25) is 0 Å². The lowest BCUT2D eigenvalue weighted by molar-refractivity contribution is -0.130. The molecule has 1 atom stereocenters. The summed E-state index contributed by atoms with van der Waals surface area (Å²) in [5, 5.41) is 26.6. The second-order valence-corrected chi connectivity index (χ2v) is 13.6. The zero-order chi connectivity index (χ0) is 35.0. The first kappa shape index (κ1) is 34.9. The Kier molecular flexibility index (Phi) is 11.3. The molecule has 0 radical (unpaired) electrons. The summed E-state index contributed by atoms with van der Waals surface area (Å²) in [5.74, 6) is 0.351. The molecule has 1 aliphatic carbocycles. The standard InChI is InChI=1S/C38H47N9O3/c1-23-24(2)33(37(49)41-31-17-19-40-20-18-31)16-15-32(23)27-7-3-25(4-8-27)21-34(43-36(48)29-9-5-26(22-39)6-10-29)38(50)42-30-13-11-28(12-14-30)35-44-46-47-45-35/h3-4,7-8,11-16,26,29,31,34,40H,5-6,9-10,17-22,39H2,1-2H3,(H,41,49)(H,42,50)(H,43,48)(H,44,45,46,47)/t26?,29?,34-/m0/s1. The molecular formula is C38H47N9O3. The van der Waals surface area contributed by atoms with Crippen molar-refractivity contribution in [1.29, 1.82) is 0 Å². The normalized spacial score (nSPS) is 18.6. The predicted molar refractivity (Wildman–Crippen MR) is 193 cm³/mol. The molecule has 6 rings (SSSR count). The minimum atomic E-state index is -0.779. The molecule has 4 aromatic rings. The zero-order valence-corrected chi connectivity index (χ0v) is 28.8. The molecule has 2 aliphatic rings. The lowest BCUT2D eigenvalue weighted by Gasteiger charge is -2.28. The number of nitrogens with zero attached hydrogens (tertiary/aromatic N) is 3. The van der Waals surface area contributed by atoms with Gasteiger partial charge < -0.3 is 27.0 Å². The fourth-order valence-corrected chi connectivity index (χ4v) is 7.04. The maximum atomic E-state index is 13.7. The zero-order valence-electron chi connectivity index (χ0n) is 28.8. The highest BCUT2D eigenvalue weighted by Crippen LogP contribution is 2.30. The molecule has 3 aromatic carbocycles. The van der Waals surface area contributed by atoms with E-state index in [2.05, 4.69) is 41.9 Å². The Bertz CT molecular complexity index is 1760. The molecule has 1 aliphatic heterocycles. The lowest BCUT2D eigenvalue weighted by Crippen LogP contribution is -2.48. The minimum absolute atomic E-state index is 0.0268. The molecule has 12 nitrogen and oxygen atoms in total. The van der Waals surface area contributed by atoms with E-state index in [1.165, 1.54) is 0 Å². The Morgan fingerprint density at radius 1 is 0.860 bits per heavy atom. The molecule has 0 unspecified atom stereocenters. The third kappa shape index (κ3) is 8.43. The first-order valence-electron chi connectivity index (χ1n) is 17.6. The van der Waals surface area contributed by atoms with Crippen LogP contribution in [0, 0.1) is 25.7 Å². The average Bonchev–Trinajstić information content (AvgIpc) is 3.69. The number of H-pyrrole nitrogens is 1. The van der Waals surface area contributed by atoms with E-state index in [0.29, 0.717) is 36.0 Å². The molecule has 3 amide bonds. The molecule has 12 heteroatoms. The van der Waals surface area contributed by atoms with Crippen molar-refractivity contribution in [2.75, 3.05) is 25.0 Å². The largest absolute Gasteiger partial charge is 0.349 e. The summed E-state index contributed by atoms with van der Waals surface area (Å²) in [4.78, 5) is 40.3. The number of carbonyl (C=O) groups excluding carboxylic acids is 3. The highest BCUT2D eigenvalue weighted by atomic mass is 16.2. The number of aromatic nitrogens is 4. The Labute approximate surface area is 292 Å². The van der Waals surface area contributed by atoms with Gasteiger partial charge in [-0.3, -0.25) is 14.4 Å². The van der Waals surface area contributed by atoms with Gasteiger partial charge in [0, 0.05) is 35.2 Å². The van der Waals surface area contributed by atoms with Gasteiger partial charge in [-0.15, -0.1) is 10.2 Å². The van der Waals surface area contributed by atoms with Crippen LogP contribution in [0.5, 0.6) is 0 Å². The number of carbonyl (C=O) groups is 3. The summed E-state index contributed by atoms with van der Waals surface area (Å²) in [6.45, 7) is 6.52. The SMILES string of the molecule is Cc1c(C(=O)NC2CCNCC2)ccc(-c2ccc(C[C@H](NC(=O)C3CCC(CN)CC3)C(=O)Nc3ccc(-c4nn[nH]n4)cc3)cc2)c1C. The van der Waals surface area contributed by atoms with Crippen LogP contribution < -0.4 is 27.0 Å². The van der Waals surface area contributed by atoms with Crippen molar-refractivity contribution in [2.45, 2.75) is 70.9 Å². The van der Waals surface area contributed by atoms with Gasteiger partial charge in [0.15, 0.2) is 0 Å². The van der Waals surface area contributed by atoms with Crippen LogP contribution in [0.1, 0.15) is 65.6 Å². The average molecular weight is 678 g/mol. The van der Waals surface area contributed by atoms with E-state index in [0.717, 1.165) is 85.0 Å². The van der Waals surface area contributed by atoms with Crippen molar-refractivity contribution in [3.05, 3.63) is 82.9 Å². The number of anilines is 1. The number of aromatic amines is 1. The van der Waals surface area contributed by atoms with Crippen molar-refractivity contribution in [3.63, 3.8) is 0 Å². The van der Waals surface area contributed by atoms with Crippen molar-refractivity contribution in [1.82, 2.24) is 36.6 Å². The number of nitrogens with two attached hydrogens (primary N) is 1. The van der Waals surface area contributed by atoms with Crippen LogP contribution >= 0.6 is 0 Å². The van der Waals surface area contributed by atoms with Gasteiger partial charge in [-0.25, -0.2) is 0 Å². The molecule has 50 heavy (non-hydrogen) atoms. The number of piperidine rings is 1. The van der Waals surface area contributed by atoms with Gasteiger partial charge in [0.2, 0.25) is 17.6 Å². The van der Waals surface area contributed by atoms with Crippen molar-refractivity contribution < 1.29 is 14.4 Å². The molecule has 0 spiro atoms. The fraction of sp³-hybridized carbons (Fsp3) is 0.421. The Balaban J connectivity index is 1.16. The molecule has 0 bridgehead atoms. The third-order valence-corrected chi connectivity index (χ3v) is 10.4. The van der Waals surface area contributed by atoms with Gasteiger partial charge in [-0.2, -0.15) is 5.21 Å². The van der Waals surface area contributed by atoms with Crippen LogP contribution in [0.25, 0.3) is 22.5 Å². The first-order chi connectivity index (χ1) is 24.3. The minimum Gasteiger partial charge on any atom is -0.349 e. The summed E-state index contributed by atoms with van der Waals surface area (Å²) in [6.07, 6.45) is 5.57. The quantitative estimate of drug-likeness (QED) is 0.138. The second-order valence-electron chi connectivity index (χ2n) is 13.6.